The van der Waals surface area contributed by atoms with Crippen molar-refractivity contribution in [2.24, 2.45) is 7.05 Å². The maximum Gasteiger partial charge on any atom is 0.315 e. The lowest BCUT2D eigenvalue weighted by Gasteiger charge is -2.24. The monoisotopic (exact) mass is 338 g/mol. The van der Waals surface area contributed by atoms with Gasteiger partial charge in [-0.2, -0.15) is 5.10 Å². The first-order valence-electron chi connectivity index (χ1n) is 8.68. The fourth-order valence-corrected chi connectivity index (χ4v) is 3.54. The zero-order chi connectivity index (χ0) is 17.4. The van der Waals surface area contributed by atoms with E-state index in [1.807, 2.05) is 55.2 Å². The molecular formula is C19H22N4O2. The molecule has 2 atom stereocenters. The standard InChI is InChI=1S/C19H22N4O2/c1-12(18-10-13-6-3-4-9-17(13)25-18)21-19(24)22-15-7-5-8-16-14(15)11-20-23(16)2/h3-4,6,9-12,15H,5,7-8H2,1-2H3,(H2,21,22,24)/t12-,15-/m1/s1. The van der Waals surface area contributed by atoms with Gasteiger partial charge in [0.25, 0.3) is 0 Å². The summed E-state index contributed by atoms with van der Waals surface area (Å²) in [5.41, 5.74) is 3.17. The second-order valence-corrected chi connectivity index (χ2v) is 6.64. The van der Waals surface area contributed by atoms with Crippen LogP contribution < -0.4 is 10.6 Å². The minimum atomic E-state index is -0.204. The number of rotatable bonds is 3. The second kappa shape index (κ2) is 6.27. The molecule has 130 valence electrons. The van der Waals surface area contributed by atoms with Crippen molar-refractivity contribution in [1.82, 2.24) is 20.4 Å². The van der Waals surface area contributed by atoms with Crippen LogP contribution in [-0.2, 0) is 13.5 Å². The maximum absolute atomic E-state index is 12.4. The lowest BCUT2D eigenvalue weighted by Crippen LogP contribution is -2.40. The molecule has 0 fully saturated rings. The average molecular weight is 338 g/mol. The van der Waals surface area contributed by atoms with Crippen molar-refractivity contribution < 1.29 is 9.21 Å². The summed E-state index contributed by atoms with van der Waals surface area (Å²) in [4.78, 5) is 12.4. The quantitative estimate of drug-likeness (QED) is 0.766. The first-order chi connectivity index (χ1) is 12.1. The number of fused-ring (bicyclic) bond motifs is 2. The van der Waals surface area contributed by atoms with Crippen LogP contribution in [0.15, 0.2) is 40.9 Å². The van der Waals surface area contributed by atoms with Gasteiger partial charge in [-0.25, -0.2) is 4.79 Å². The largest absolute Gasteiger partial charge is 0.459 e. The zero-order valence-corrected chi connectivity index (χ0v) is 14.5. The van der Waals surface area contributed by atoms with Gasteiger partial charge in [0, 0.05) is 23.7 Å². The van der Waals surface area contributed by atoms with Gasteiger partial charge in [0.15, 0.2) is 0 Å². The van der Waals surface area contributed by atoms with Crippen LogP contribution in [0.3, 0.4) is 0 Å². The van der Waals surface area contributed by atoms with Crippen LogP contribution in [-0.4, -0.2) is 15.8 Å². The molecule has 0 radical (unpaired) electrons. The van der Waals surface area contributed by atoms with Gasteiger partial charge in [0.2, 0.25) is 0 Å². The fourth-order valence-electron chi connectivity index (χ4n) is 3.54. The number of urea groups is 1. The van der Waals surface area contributed by atoms with Gasteiger partial charge < -0.3 is 15.1 Å². The molecule has 4 rings (SSSR count). The van der Waals surface area contributed by atoms with Crippen molar-refractivity contribution in [3.63, 3.8) is 0 Å². The molecule has 6 heteroatoms. The van der Waals surface area contributed by atoms with Crippen molar-refractivity contribution >= 4 is 17.0 Å². The summed E-state index contributed by atoms with van der Waals surface area (Å²) >= 11 is 0. The van der Waals surface area contributed by atoms with Crippen molar-refractivity contribution in [2.45, 2.75) is 38.3 Å². The first-order valence-corrected chi connectivity index (χ1v) is 8.68. The van der Waals surface area contributed by atoms with Gasteiger partial charge in [-0.15, -0.1) is 0 Å². The zero-order valence-electron chi connectivity index (χ0n) is 14.5. The highest BCUT2D eigenvalue weighted by molar-refractivity contribution is 5.78. The third-order valence-corrected chi connectivity index (χ3v) is 4.90. The predicted octanol–water partition coefficient (Wildman–Crippen LogP) is 3.60. The molecule has 1 aliphatic carbocycles. The summed E-state index contributed by atoms with van der Waals surface area (Å²) < 4.78 is 7.73. The molecule has 0 aliphatic heterocycles. The minimum absolute atomic E-state index is 0.0142. The Morgan fingerprint density at radius 2 is 2.24 bits per heavy atom. The highest BCUT2D eigenvalue weighted by Crippen LogP contribution is 2.29. The van der Waals surface area contributed by atoms with Crippen LogP contribution >= 0.6 is 0 Å². The van der Waals surface area contributed by atoms with Gasteiger partial charge in [0.05, 0.1) is 18.3 Å². The van der Waals surface area contributed by atoms with E-state index in [4.69, 9.17) is 4.42 Å². The number of hydrogen-bond acceptors (Lipinski definition) is 3. The summed E-state index contributed by atoms with van der Waals surface area (Å²) in [6.45, 7) is 1.92. The molecule has 3 aromatic rings. The van der Waals surface area contributed by atoms with Crippen molar-refractivity contribution in [3.05, 3.63) is 53.5 Å². The number of para-hydroxylation sites is 1. The van der Waals surface area contributed by atoms with Gasteiger partial charge in [-0.1, -0.05) is 18.2 Å². The number of nitrogens with zero attached hydrogens (tertiary/aromatic N) is 2. The molecule has 2 amide bonds. The van der Waals surface area contributed by atoms with Crippen molar-refractivity contribution in [3.8, 4) is 0 Å². The normalized spacial score (nSPS) is 17.9. The minimum Gasteiger partial charge on any atom is -0.459 e. The second-order valence-electron chi connectivity index (χ2n) is 6.64. The maximum atomic E-state index is 12.4. The van der Waals surface area contributed by atoms with Gasteiger partial charge in [-0.3, -0.25) is 4.68 Å². The predicted molar refractivity (Wildman–Crippen MR) is 95.2 cm³/mol. The smallest absolute Gasteiger partial charge is 0.315 e. The third kappa shape index (κ3) is 2.99. The number of nitrogens with one attached hydrogen (secondary N) is 2. The Kier molecular flexibility index (Phi) is 3.95. The Hall–Kier alpha value is -2.76. The van der Waals surface area contributed by atoms with Crippen LogP contribution in [0.4, 0.5) is 4.79 Å². The molecule has 0 saturated carbocycles. The van der Waals surface area contributed by atoms with Crippen LogP contribution in [0.5, 0.6) is 0 Å². The highest BCUT2D eigenvalue weighted by atomic mass is 16.3. The van der Waals surface area contributed by atoms with E-state index in [2.05, 4.69) is 15.7 Å². The van der Waals surface area contributed by atoms with E-state index in [-0.39, 0.29) is 18.1 Å². The third-order valence-electron chi connectivity index (χ3n) is 4.90. The molecule has 1 aromatic carbocycles. The molecule has 0 saturated heterocycles. The highest BCUT2D eigenvalue weighted by Gasteiger charge is 2.25. The van der Waals surface area contributed by atoms with Crippen LogP contribution in [0, 0.1) is 0 Å². The van der Waals surface area contributed by atoms with E-state index in [1.165, 1.54) is 5.69 Å². The van der Waals surface area contributed by atoms with E-state index in [9.17, 15) is 4.79 Å². The van der Waals surface area contributed by atoms with Crippen molar-refractivity contribution in [2.75, 3.05) is 0 Å². The number of carbonyl (C=O) groups is 1. The summed E-state index contributed by atoms with van der Waals surface area (Å²) in [6.07, 6.45) is 4.87. The summed E-state index contributed by atoms with van der Waals surface area (Å²) in [5.74, 6) is 0.752. The molecule has 6 nitrogen and oxygen atoms in total. The fraction of sp³-hybridized carbons (Fsp3) is 0.368. The van der Waals surface area contributed by atoms with E-state index >= 15 is 0 Å². The average Bonchev–Trinajstić information content (AvgIpc) is 3.19. The first kappa shape index (κ1) is 15.7. The molecule has 25 heavy (non-hydrogen) atoms. The molecule has 0 spiro atoms. The van der Waals surface area contributed by atoms with Crippen molar-refractivity contribution in [1.29, 1.82) is 0 Å². The van der Waals surface area contributed by atoms with E-state index in [1.54, 1.807) is 0 Å². The molecule has 2 N–H and O–H groups in total. The lowest BCUT2D eigenvalue weighted by atomic mass is 9.93. The Labute approximate surface area is 146 Å². The number of hydrogen-bond donors (Lipinski definition) is 2. The Morgan fingerprint density at radius 3 is 3.08 bits per heavy atom. The number of aromatic nitrogens is 2. The Bertz CT molecular complexity index is 878. The summed E-state index contributed by atoms with van der Waals surface area (Å²) in [5, 5.41) is 11.4. The summed E-state index contributed by atoms with van der Waals surface area (Å²) in [7, 11) is 1.95. The number of benzene rings is 1. The number of carbonyl (C=O) groups excluding carboxylic acids is 1. The SMILES string of the molecule is C[C@@H](NC(=O)N[C@@H]1CCCc2c1cnn2C)c1cc2ccccc2o1. The van der Waals surface area contributed by atoms with E-state index < -0.39 is 0 Å². The Morgan fingerprint density at radius 1 is 1.40 bits per heavy atom. The van der Waals surface area contributed by atoms with Crippen LogP contribution in [0.1, 0.15) is 48.9 Å². The summed E-state index contributed by atoms with van der Waals surface area (Å²) in [6, 6.07) is 9.44. The molecule has 0 bridgehead atoms. The van der Waals surface area contributed by atoms with E-state index in [0.29, 0.717) is 0 Å². The number of amides is 2. The molecule has 2 aromatic heterocycles. The number of aryl methyl sites for hydroxylation is 1. The van der Waals surface area contributed by atoms with Gasteiger partial charge >= 0.3 is 6.03 Å². The van der Waals surface area contributed by atoms with Gasteiger partial charge in [-0.05, 0) is 38.3 Å². The number of furan rings is 1. The molecule has 2 heterocycles. The van der Waals surface area contributed by atoms with Crippen LogP contribution in [0.25, 0.3) is 11.0 Å². The molecule has 1 aliphatic rings. The van der Waals surface area contributed by atoms with E-state index in [0.717, 1.165) is 41.6 Å². The molecular weight excluding hydrogens is 316 g/mol. The Balaban J connectivity index is 1.43. The topological polar surface area (TPSA) is 72.1 Å². The van der Waals surface area contributed by atoms with Crippen LogP contribution in [0.2, 0.25) is 0 Å². The van der Waals surface area contributed by atoms with Gasteiger partial charge in [0.1, 0.15) is 11.3 Å². The molecule has 0 unspecified atom stereocenters. The lowest BCUT2D eigenvalue weighted by molar-refractivity contribution is 0.231.